The second kappa shape index (κ2) is 7.58. The Kier molecular flexibility index (Phi) is 6.05. The number of nitrogens with zero attached hydrogens (tertiary/aromatic N) is 1. The van der Waals surface area contributed by atoms with E-state index in [-0.39, 0.29) is 13.2 Å². The largest absolute Gasteiger partial charge is 0.479 e. The van der Waals surface area contributed by atoms with Gasteiger partial charge in [-0.15, -0.1) is 0 Å². The van der Waals surface area contributed by atoms with Crippen molar-refractivity contribution in [1.29, 1.82) is 5.26 Å². The maximum Gasteiger partial charge on any atom is 0.265 e. The third-order valence-corrected chi connectivity index (χ3v) is 2.20. The molecule has 18 heavy (non-hydrogen) atoms. The third-order valence-electron chi connectivity index (χ3n) is 2.20. The van der Waals surface area contributed by atoms with Crippen LogP contribution < -0.4 is 10.1 Å². The summed E-state index contributed by atoms with van der Waals surface area (Å²) in [6.45, 7) is 0.199. The topological polar surface area (TPSA) is 65.3 Å². The van der Waals surface area contributed by atoms with Crippen LogP contribution in [0.1, 0.15) is 5.56 Å². The molecule has 0 radical (unpaired) electrons. The first-order valence-corrected chi connectivity index (χ1v) is 5.39. The second-order valence-corrected chi connectivity index (χ2v) is 3.62. The van der Waals surface area contributed by atoms with Crippen molar-refractivity contribution in [3.63, 3.8) is 0 Å². The zero-order valence-corrected chi connectivity index (χ0v) is 9.64. The third kappa shape index (κ3) is 5.08. The highest BCUT2D eigenvalue weighted by Crippen LogP contribution is 2.11. The van der Waals surface area contributed by atoms with E-state index in [9.17, 15) is 8.78 Å². The maximum atomic E-state index is 12.0. The number of halogens is 2. The van der Waals surface area contributed by atoms with Crippen LogP contribution in [0, 0.1) is 11.3 Å². The van der Waals surface area contributed by atoms with Gasteiger partial charge in [0.25, 0.3) is 6.43 Å². The lowest BCUT2D eigenvalue weighted by atomic mass is 10.2. The van der Waals surface area contributed by atoms with E-state index in [2.05, 4.69) is 5.32 Å². The molecule has 0 saturated carbocycles. The van der Waals surface area contributed by atoms with Gasteiger partial charge in [-0.2, -0.15) is 5.26 Å². The molecule has 0 bridgehead atoms. The molecule has 98 valence electrons. The molecule has 0 amide bonds. The monoisotopic (exact) mass is 256 g/mol. The number of benzene rings is 1. The maximum absolute atomic E-state index is 12.0. The molecule has 0 heterocycles. The Labute approximate surface area is 104 Å². The van der Waals surface area contributed by atoms with Crippen LogP contribution in [0.15, 0.2) is 24.3 Å². The number of nitriles is 1. The summed E-state index contributed by atoms with van der Waals surface area (Å²) in [5.74, 6) is 0.577. The highest BCUT2D eigenvalue weighted by Gasteiger charge is 2.15. The molecule has 0 saturated heterocycles. The minimum Gasteiger partial charge on any atom is -0.479 e. The van der Waals surface area contributed by atoms with Crippen molar-refractivity contribution < 1.29 is 18.6 Å². The number of ether oxygens (including phenoxy) is 1. The van der Waals surface area contributed by atoms with Crippen molar-refractivity contribution in [1.82, 2.24) is 5.32 Å². The Morgan fingerprint density at radius 1 is 1.33 bits per heavy atom. The highest BCUT2D eigenvalue weighted by atomic mass is 19.3. The SMILES string of the molecule is N#CCOc1ccc(CNCC(O)C(F)F)cc1. The lowest BCUT2D eigenvalue weighted by molar-refractivity contribution is -0.00340. The summed E-state index contributed by atoms with van der Waals surface area (Å²) >= 11 is 0. The Morgan fingerprint density at radius 2 is 2.00 bits per heavy atom. The minimum atomic E-state index is -2.74. The van der Waals surface area contributed by atoms with Crippen LogP contribution >= 0.6 is 0 Å². The van der Waals surface area contributed by atoms with Gasteiger partial charge in [0.05, 0.1) is 0 Å². The van der Waals surface area contributed by atoms with E-state index in [1.54, 1.807) is 24.3 Å². The van der Waals surface area contributed by atoms with Crippen molar-refractivity contribution in [2.45, 2.75) is 19.1 Å². The number of rotatable bonds is 7. The molecule has 1 unspecified atom stereocenters. The normalized spacial score (nSPS) is 12.2. The number of aliphatic hydroxyl groups excluding tert-OH is 1. The highest BCUT2D eigenvalue weighted by molar-refractivity contribution is 5.27. The smallest absolute Gasteiger partial charge is 0.265 e. The molecule has 2 N–H and O–H groups in total. The predicted octanol–water partition coefficient (Wildman–Crippen LogP) is 1.30. The lowest BCUT2D eigenvalue weighted by Gasteiger charge is -2.10. The van der Waals surface area contributed by atoms with Gasteiger partial charge < -0.3 is 15.2 Å². The van der Waals surface area contributed by atoms with Gasteiger partial charge in [0.15, 0.2) is 6.61 Å². The van der Waals surface area contributed by atoms with Gasteiger partial charge in [0.2, 0.25) is 0 Å². The van der Waals surface area contributed by atoms with E-state index in [1.807, 2.05) is 6.07 Å². The van der Waals surface area contributed by atoms with Gasteiger partial charge in [0.1, 0.15) is 17.9 Å². The number of hydrogen-bond donors (Lipinski definition) is 2. The van der Waals surface area contributed by atoms with Crippen molar-refractivity contribution in [2.24, 2.45) is 0 Å². The fourth-order valence-electron chi connectivity index (χ4n) is 1.27. The van der Waals surface area contributed by atoms with Crippen molar-refractivity contribution in [2.75, 3.05) is 13.2 Å². The quantitative estimate of drug-likeness (QED) is 0.772. The summed E-state index contributed by atoms with van der Waals surface area (Å²) in [4.78, 5) is 0. The fourth-order valence-corrected chi connectivity index (χ4v) is 1.27. The Balaban J connectivity index is 2.33. The Hall–Kier alpha value is -1.71. The number of alkyl halides is 2. The summed E-state index contributed by atoms with van der Waals surface area (Å²) in [5.41, 5.74) is 0.876. The van der Waals surface area contributed by atoms with Crippen molar-refractivity contribution in [3.8, 4) is 11.8 Å². The summed E-state index contributed by atoms with van der Waals surface area (Å²) in [6.07, 6.45) is -4.39. The van der Waals surface area contributed by atoms with Gasteiger partial charge >= 0.3 is 0 Å². The zero-order valence-electron chi connectivity index (χ0n) is 9.64. The van der Waals surface area contributed by atoms with Gasteiger partial charge in [0, 0.05) is 13.1 Å². The molecule has 1 aromatic carbocycles. The van der Waals surface area contributed by atoms with Crippen LogP contribution in [0.3, 0.4) is 0 Å². The molecule has 4 nitrogen and oxygen atoms in total. The number of hydrogen-bond acceptors (Lipinski definition) is 4. The molecule has 0 aliphatic heterocycles. The zero-order chi connectivity index (χ0) is 13.4. The van der Waals surface area contributed by atoms with E-state index < -0.39 is 12.5 Å². The van der Waals surface area contributed by atoms with Gasteiger partial charge in [-0.3, -0.25) is 0 Å². The van der Waals surface area contributed by atoms with Crippen molar-refractivity contribution in [3.05, 3.63) is 29.8 Å². The van der Waals surface area contributed by atoms with Crippen molar-refractivity contribution >= 4 is 0 Å². The number of aliphatic hydroxyl groups is 1. The molecule has 1 rings (SSSR count). The summed E-state index contributed by atoms with van der Waals surface area (Å²) in [6, 6.07) is 8.76. The summed E-state index contributed by atoms with van der Waals surface area (Å²) in [5, 5.41) is 19.9. The van der Waals surface area contributed by atoms with Crippen LogP contribution in [0.2, 0.25) is 0 Å². The molecule has 0 aromatic heterocycles. The van der Waals surface area contributed by atoms with E-state index in [4.69, 9.17) is 15.1 Å². The molecule has 1 aromatic rings. The first kappa shape index (κ1) is 14.4. The van der Waals surface area contributed by atoms with Gasteiger partial charge in [-0.25, -0.2) is 8.78 Å². The predicted molar refractivity (Wildman–Crippen MR) is 61.3 cm³/mol. The summed E-state index contributed by atoms with van der Waals surface area (Å²) in [7, 11) is 0. The Bertz CT molecular complexity index is 390. The van der Waals surface area contributed by atoms with Gasteiger partial charge in [-0.05, 0) is 17.7 Å². The average Bonchev–Trinajstić information content (AvgIpc) is 2.37. The standard InChI is InChI=1S/C12H14F2N2O2/c13-12(14)11(17)8-16-7-9-1-3-10(4-2-9)18-6-5-15/h1-4,11-12,16-17H,6-8H2. The number of nitrogens with one attached hydrogen (secondary N) is 1. The first-order chi connectivity index (χ1) is 8.63. The molecular weight excluding hydrogens is 242 g/mol. The average molecular weight is 256 g/mol. The Morgan fingerprint density at radius 3 is 2.56 bits per heavy atom. The van der Waals surface area contributed by atoms with Crippen LogP contribution in [-0.4, -0.2) is 30.8 Å². The van der Waals surface area contributed by atoms with Crippen LogP contribution in [-0.2, 0) is 6.54 Å². The molecule has 0 aliphatic rings. The van der Waals surface area contributed by atoms with E-state index >= 15 is 0 Å². The van der Waals surface area contributed by atoms with Crippen LogP contribution in [0.4, 0.5) is 8.78 Å². The first-order valence-electron chi connectivity index (χ1n) is 5.39. The summed E-state index contributed by atoms with van der Waals surface area (Å²) < 4.78 is 29.0. The molecule has 0 fully saturated rings. The minimum absolute atomic E-state index is 0.0157. The lowest BCUT2D eigenvalue weighted by Crippen LogP contribution is -2.31. The van der Waals surface area contributed by atoms with E-state index in [1.165, 1.54) is 0 Å². The van der Waals surface area contributed by atoms with Crippen LogP contribution in [0.25, 0.3) is 0 Å². The molecule has 6 heteroatoms. The molecule has 0 spiro atoms. The second-order valence-electron chi connectivity index (χ2n) is 3.62. The fraction of sp³-hybridized carbons (Fsp3) is 0.417. The molecule has 0 aliphatic carbocycles. The van der Waals surface area contributed by atoms with E-state index in [0.717, 1.165) is 5.56 Å². The van der Waals surface area contributed by atoms with E-state index in [0.29, 0.717) is 12.3 Å². The van der Waals surface area contributed by atoms with Crippen LogP contribution in [0.5, 0.6) is 5.75 Å². The van der Waals surface area contributed by atoms with Gasteiger partial charge in [-0.1, -0.05) is 12.1 Å². The molecule has 1 atom stereocenters. The molecular formula is C12H14F2N2O2.